The molecule has 1 heterocycles. The summed E-state index contributed by atoms with van der Waals surface area (Å²) in [6, 6.07) is 0. The molecule has 120 valence electrons. The SMILES string of the molecule is CC1CN(CCCN=C(N(C)C)N(C)C)CC(C)O1.I. The molecule has 0 saturated carbocycles. The minimum atomic E-state index is 0. The van der Waals surface area contributed by atoms with Crippen molar-refractivity contribution in [1.82, 2.24) is 14.7 Å². The highest BCUT2D eigenvalue weighted by Crippen LogP contribution is 2.10. The number of hydrogen-bond acceptors (Lipinski definition) is 3. The van der Waals surface area contributed by atoms with Gasteiger partial charge in [-0.2, -0.15) is 0 Å². The highest BCUT2D eigenvalue weighted by Gasteiger charge is 2.21. The summed E-state index contributed by atoms with van der Waals surface area (Å²) in [6.45, 7) is 8.38. The van der Waals surface area contributed by atoms with E-state index in [1.54, 1.807) is 0 Å². The highest BCUT2D eigenvalue weighted by molar-refractivity contribution is 14.0. The number of morpholine rings is 1. The number of ether oxygens (including phenoxy) is 1. The van der Waals surface area contributed by atoms with E-state index in [2.05, 4.69) is 33.5 Å². The molecular formula is C14H31IN4O. The Kier molecular flexibility index (Phi) is 9.74. The van der Waals surface area contributed by atoms with Gasteiger partial charge in [-0.3, -0.25) is 9.89 Å². The summed E-state index contributed by atoms with van der Waals surface area (Å²) in [5.74, 6) is 1.03. The van der Waals surface area contributed by atoms with E-state index in [9.17, 15) is 0 Å². The van der Waals surface area contributed by atoms with Crippen molar-refractivity contribution in [2.24, 2.45) is 4.99 Å². The maximum Gasteiger partial charge on any atom is 0.195 e. The molecule has 2 unspecified atom stereocenters. The Morgan fingerprint density at radius 1 is 1.10 bits per heavy atom. The highest BCUT2D eigenvalue weighted by atomic mass is 127. The van der Waals surface area contributed by atoms with E-state index in [1.807, 2.05) is 28.2 Å². The van der Waals surface area contributed by atoms with Crippen LogP contribution in [0.2, 0.25) is 0 Å². The second-order valence-electron chi connectivity index (χ2n) is 5.84. The first-order chi connectivity index (χ1) is 8.90. The number of hydrogen-bond donors (Lipinski definition) is 0. The molecule has 0 amide bonds. The molecule has 0 aromatic carbocycles. The van der Waals surface area contributed by atoms with Gasteiger partial charge in [0, 0.05) is 54.4 Å². The zero-order valence-electron chi connectivity index (χ0n) is 13.8. The zero-order valence-corrected chi connectivity index (χ0v) is 16.1. The van der Waals surface area contributed by atoms with Crippen LogP contribution in [0.3, 0.4) is 0 Å². The van der Waals surface area contributed by atoms with Crippen LogP contribution < -0.4 is 0 Å². The number of aliphatic imine (C=N–C) groups is 1. The fourth-order valence-corrected chi connectivity index (χ4v) is 2.62. The maximum absolute atomic E-state index is 5.74. The lowest BCUT2D eigenvalue weighted by Crippen LogP contribution is -2.45. The van der Waals surface area contributed by atoms with Gasteiger partial charge in [-0.25, -0.2) is 0 Å². The van der Waals surface area contributed by atoms with Crippen LogP contribution in [0.1, 0.15) is 20.3 Å². The summed E-state index contributed by atoms with van der Waals surface area (Å²) >= 11 is 0. The Morgan fingerprint density at radius 3 is 2.05 bits per heavy atom. The van der Waals surface area contributed by atoms with Crippen molar-refractivity contribution in [1.29, 1.82) is 0 Å². The first kappa shape index (κ1) is 19.9. The van der Waals surface area contributed by atoms with Crippen LogP contribution in [-0.4, -0.2) is 87.2 Å². The third kappa shape index (κ3) is 7.08. The lowest BCUT2D eigenvalue weighted by atomic mass is 10.2. The van der Waals surface area contributed by atoms with E-state index >= 15 is 0 Å². The summed E-state index contributed by atoms with van der Waals surface area (Å²) in [6.07, 6.45) is 1.81. The minimum absolute atomic E-state index is 0. The predicted octanol–water partition coefficient (Wildman–Crippen LogP) is 1.58. The summed E-state index contributed by atoms with van der Waals surface area (Å²) in [5, 5.41) is 0. The molecular weight excluding hydrogens is 367 g/mol. The number of rotatable bonds is 4. The van der Waals surface area contributed by atoms with E-state index in [0.29, 0.717) is 12.2 Å². The molecule has 0 aromatic rings. The molecule has 20 heavy (non-hydrogen) atoms. The molecule has 1 fully saturated rings. The second kappa shape index (κ2) is 9.78. The fraction of sp³-hybridized carbons (Fsp3) is 0.929. The molecule has 0 aromatic heterocycles. The molecule has 0 spiro atoms. The van der Waals surface area contributed by atoms with Crippen molar-refractivity contribution >= 4 is 29.9 Å². The Labute approximate surface area is 141 Å². The van der Waals surface area contributed by atoms with Gasteiger partial charge in [0.1, 0.15) is 0 Å². The zero-order chi connectivity index (χ0) is 14.4. The standard InChI is InChI=1S/C14H30N4O.HI/c1-12-10-18(11-13(2)19-12)9-7-8-15-14(16(3)4)17(5)6;/h12-13H,7-11H2,1-6H3;1H. The molecule has 0 aliphatic carbocycles. The molecule has 1 rings (SSSR count). The predicted molar refractivity (Wildman–Crippen MR) is 96.2 cm³/mol. The van der Waals surface area contributed by atoms with Crippen LogP contribution in [0.15, 0.2) is 4.99 Å². The average Bonchev–Trinajstić information content (AvgIpc) is 2.26. The largest absolute Gasteiger partial charge is 0.373 e. The van der Waals surface area contributed by atoms with Crippen LogP contribution >= 0.6 is 24.0 Å². The minimum Gasteiger partial charge on any atom is -0.373 e. The van der Waals surface area contributed by atoms with Gasteiger partial charge in [0.05, 0.1) is 12.2 Å². The Morgan fingerprint density at radius 2 is 1.60 bits per heavy atom. The Hall–Kier alpha value is -0.0800. The summed E-state index contributed by atoms with van der Waals surface area (Å²) in [7, 11) is 8.13. The molecule has 0 radical (unpaired) electrons. The Balaban J connectivity index is 0.00000361. The molecule has 6 heteroatoms. The smallest absolute Gasteiger partial charge is 0.195 e. The van der Waals surface area contributed by atoms with Crippen LogP contribution in [0.25, 0.3) is 0 Å². The fourth-order valence-electron chi connectivity index (χ4n) is 2.62. The van der Waals surface area contributed by atoms with Gasteiger partial charge in [-0.15, -0.1) is 24.0 Å². The number of guanidine groups is 1. The third-order valence-corrected chi connectivity index (χ3v) is 3.18. The first-order valence-electron chi connectivity index (χ1n) is 7.17. The van der Waals surface area contributed by atoms with E-state index in [4.69, 9.17) is 4.74 Å². The quantitative estimate of drug-likeness (QED) is 0.312. The molecule has 1 aliphatic rings. The van der Waals surface area contributed by atoms with Gasteiger partial charge in [-0.05, 0) is 20.3 Å². The lowest BCUT2D eigenvalue weighted by Gasteiger charge is -2.35. The average molecular weight is 398 g/mol. The lowest BCUT2D eigenvalue weighted by molar-refractivity contribution is -0.0679. The second-order valence-corrected chi connectivity index (χ2v) is 5.84. The van der Waals surface area contributed by atoms with Crippen molar-refractivity contribution in [3.05, 3.63) is 0 Å². The van der Waals surface area contributed by atoms with Crippen molar-refractivity contribution < 1.29 is 4.74 Å². The molecule has 0 N–H and O–H groups in total. The van der Waals surface area contributed by atoms with Crippen LogP contribution in [0.5, 0.6) is 0 Å². The normalized spacial score (nSPS) is 22.9. The van der Waals surface area contributed by atoms with Crippen molar-refractivity contribution in [3.8, 4) is 0 Å². The summed E-state index contributed by atoms with van der Waals surface area (Å²) in [5.41, 5.74) is 0. The van der Waals surface area contributed by atoms with E-state index in [0.717, 1.165) is 38.6 Å². The number of halogens is 1. The topological polar surface area (TPSA) is 31.3 Å². The van der Waals surface area contributed by atoms with Gasteiger partial charge in [-0.1, -0.05) is 0 Å². The van der Waals surface area contributed by atoms with Crippen LogP contribution in [0.4, 0.5) is 0 Å². The third-order valence-electron chi connectivity index (χ3n) is 3.18. The molecule has 2 atom stereocenters. The molecule has 0 bridgehead atoms. The van der Waals surface area contributed by atoms with Gasteiger partial charge in [0.15, 0.2) is 5.96 Å². The van der Waals surface area contributed by atoms with E-state index in [1.165, 1.54) is 0 Å². The van der Waals surface area contributed by atoms with Crippen LogP contribution in [-0.2, 0) is 4.74 Å². The van der Waals surface area contributed by atoms with Gasteiger partial charge < -0.3 is 14.5 Å². The van der Waals surface area contributed by atoms with Gasteiger partial charge >= 0.3 is 0 Å². The van der Waals surface area contributed by atoms with Gasteiger partial charge in [0.2, 0.25) is 0 Å². The molecule has 1 aliphatic heterocycles. The monoisotopic (exact) mass is 398 g/mol. The number of nitrogens with zero attached hydrogens (tertiary/aromatic N) is 4. The molecule has 5 nitrogen and oxygen atoms in total. The summed E-state index contributed by atoms with van der Waals surface area (Å²) in [4.78, 5) is 11.3. The maximum atomic E-state index is 5.74. The molecule has 1 saturated heterocycles. The Bertz CT molecular complexity index is 277. The van der Waals surface area contributed by atoms with Crippen molar-refractivity contribution in [2.45, 2.75) is 32.5 Å². The van der Waals surface area contributed by atoms with E-state index in [-0.39, 0.29) is 24.0 Å². The van der Waals surface area contributed by atoms with Crippen molar-refractivity contribution in [3.63, 3.8) is 0 Å². The van der Waals surface area contributed by atoms with Gasteiger partial charge in [0.25, 0.3) is 0 Å². The first-order valence-corrected chi connectivity index (χ1v) is 7.17. The van der Waals surface area contributed by atoms with E-state index < -0.39 is 0 Å². The van der Waals surface area contributed by atoms with Crippen molar-refractivity contribution in [2.75, 3.05) is 54.4 Å². The van der Waals surface area contributed by atoms with Crippen LogP contribution in [0, 0.1) is 0 Å². The summed E-state index contributed by atoms with van der Waals surface area (Å²) < 4.78 is 5.74.